The van der Waals surface area contributed by atoms with Gasteiger partial charge in [-0.25, -0.2) is 4.98 Å². The van der Waals surface area contributed by atoms with E-state index in [4.69, 9.17) is 45.6 Å². The van der Waals surface area contributed by atoms with Gasteiger partial charge in [-0.1, -0.05) is 34.8 Å². The number of benzene rings is 1. The Kier molecular flexibility index (Phi) is 3.97. The lowest BCUT2D eigenvalue weighted by Crippen LogP contribution is -1.99. The van der Waals surface area contributed by atoms with E-state index in [1.54, 1.807) is 24.3 Å². The Labute approximate surface area is 119 Å². The molecule has 2 rings (SSSR count). The fourth-order valence-electron chi connectivity index (χ4n) is 1.62. The van der Waals surface area contributed by atoms with Crippen molar-refractivity contribution in [2.24, 2.45) is 0 Å². The molecule has 0 aliphatic heterocycles. The fourth-order valence-corrected chi connectivity index (χ4v) is 2.64. The molecule has 1 heterocycles. The largest absolute Gasteiger partial charge is 0.390 e. The van der Waals surface area contributed by atoms with Crippen LogP contribution in [-0.4, -0.2) is 10.1 Å². The lowest BCUT2D eigenvalue weighted by atomic mass is 10.1. The van der Waals surface area contributed by atoms with Crippen molar-refractivity contribution in [2.45, 2.75) is 6.61 Å². The summed E-state index contributed by atoms with van der Waals surface area (Å²) in [4.78, 5) is 4.05. The summed E-state index contributed by atoms with van der Waals surface area (Å²) in [6, 6.07) is 6.55. The van der Waals surface area contributed by atoms with E-state index in [0.717, 1.165) is 0 Å². The summed E-state index contributed by atoms with van der Waals surface area (Å²) in [6.45, 7) is -0.174. The summed E-state index contributed by atoms with van der Waals surface area (Å²) in [6.07, 6.45) is 0. The number of aliphatic hydroxyl groups is 1. The smallest absolute Gasteiger partial charge is 0.131 e. The topological polar surface area (TPSA) is 59.1 Å². The van der Waals surface area contributed by atoms with E-state index >= 15 is 0 Å². The number of hydrogen-bond donors (Lipinski definition) is 2. The second kappa shape index (κ2) is 5.33. The molecule has 0 saturated carbocycles. The highest BCUT2D eigenvalue weighted by atomic mass is 35.5. The second-order valence-corrected chi connectivity index (χ2v) is 4.89. The van der Waals surface area contributed by atoms with E-state index in [1.807, 2.05) is 0 Å². The number of rotatable bonds is 2. The number of nitrogen functional groups attached to an aromatic ring is 1. The SMILES string of the molecule is Nc1nc(CO)ccc1-c1c(Cl)cc(Cl)cc1Cl. The van der Waals surface area contributed by atoms with Crippen LogP contribution in [0, 0.1) is 0 Å². The number of nitrogens with two attached hydrogens (primary N) is 1. The zero-order chi connectivity index (χ0) is 13.3. The van der Waals surface area contributed by atoms with Gasteiger partial charge in [0.1, 0.15) is 5.82 Å². The van der Waals surface area contributed by atoms with Crippen molar-refractivity contribution in [1.29, 1.82) is 0 Å². The molecule has 0 spiro atoms. The van der Waals surface area contributed by atoms with Gasteiger partial charge in [-0.3, -0.25) is 0 Å². The van der Waals surface area contributed by atoms with Crippen LogP contribution in [0.4, 0.5) is 5.82 Å². The maximum atomic E-state index is 8.98. The van der Waals surface area contributed by atoms with E-state index in [2.05, 4.69) is 4.98 Å². The molecular weight excluding hydrogens is 295 g/mol. The summed E-state index contributed by atoms with van der Waals surface area (Å²) in [7, 11) is 0. The van der Waals surface area contributed by atoms with E-state index in [-0.39, 0.29) is 12.4 Å². The minimum atomic E-state index is -0.174. The molecule has 0 aliphatic carbocycles. The van der Waals surface area contributed by atoms with Crippen LogP contribution in [0.3, 0.4) is 0 Å². The minimum absolute atomic E-state index is 0.174. The first-order chi connectivity index (χ1) is 8.52. The third-order valence-corrected chi connectivity index (χ3v) is 3.24. The Hall–Kier alpha value is -1.000. The Balaban J connectivity index is 2.62. The molecule has 0 radical (unpaired) electrons. The van der Waals surface area contributed by atoms with E-state index in [0.29, 0.717) is 31.9 Å². The van der Waals surface area contributed by atoms with Crippen molar-refractivity contribution >= 4 is 40.6 Å². The van der Waals surface area contributed by atoms with Crippen molar-refractivity contribution in [1.82, 2.24) is 4.98 Å². The molecule has 6 heteroatoms. The second-order valence-electron chi connectivity index (χ2n) is 3.64. The molecule has 1 aromatic carbocycles. The molecule has 0 amide bonds. The van der Waals surface area contributed by atoms with E-state index < -0.39 is 0 Å². The van der Waals surface area contributed by atoms with Crippen LogP contribution in [-0.2, 0) is 6.61 Å². The van der Waals surface area contributed by atoms with Gasteiger partial charge in [0.05, 0.1) is 22.3 Å². The fraction of sp³-hybridized carbons (Fsp3) is 0.0833. The highest BCUT2D eigenvalue weighted by molar-refractivity contribution is 6.42. The number of anilines is 1. The maximum absolute atomic E-state index is 8.98. The number of hydrogen-bond acceptors (Lipinski definition) is 3. The zero-order valence-corrected chi connectivity index (χ0v) is 11.4. The number of halogens is 3. The first-order valence-electron chi connectivity index (χ1n) is 5.04. The van der Waals surface area contributed by atoms with Crippen LogP contribution in [0.1, 0.15) is 5.69 Å². The molecule has 94 valence electrons. The van der Waals surface area contributed by atoms with Crippen molar-refractivity contribution in [2.75, 3.05) is 5.73 Å². The number of nitrogens with zero attached hydrogens (tertiary/aromatic N) is 1. The molecule has 3 nitrogen and oxygen atoms in total. The maximum Gasteiger partial charge on any atom is 0.131 e. The third-order valence-electron chi connectivity index (χ3n) is 2.42. The van der Waals surface area contributed by atoms with Crippen molar-refractivity contribution in [3.8, 4) is 11.1 Å². The van der Waals surface area contributed by atoms with Crippen LogP contribution in [0.15, 0.2) is 24.3 Å². The van der Waals surface area contributed by atoms with Gasteiger partial charge >= 0.3 is 0 Å². The average Bonchev–Trinajstić information content (AvgIpc) is 2.29. The summed E-state index contributed by atoms with van der Waals surface area (Å²) >= 11 is 18.1. The van der Waals surface area contributed by atoms with Crippen LogP contribution >= 0.6 is 34.8 Å². The average molecular weight is 304 g/mol. The van der Waals surface area contributed by atoms with Gasteiger partial charge in [0.25, 0.3) is 0 Å². The Morgan fingerprint density at radius 2 is 1.72 bits per heavy atom. The van der Waals surface area contributed by atoms with Gasteiger partial charge < -0.3 is 10.8 Å². The van der Waals surface area contributed by atoms with E-state index in [1.165, 1.54) is 0 Å². The zero-order valence-electron chi connectivity index (χ0n) is 9.12. The van der Waals surface area contributed by atoms with Gasteiger partial charge in [-0.15, -0.1) is 0 Å². The predicted molar refractivity (Wildman–Crippen MR) is 75.0 cm³/mol. The highest BCUT2D eigenvalue weighted by Gasteiger charge is 2.13. The molecule has 0 bridgehead atoms. The van der Waals surface area contributed by atoms with Gasteiger partial charge in [-0.05, 0) is 24.3 Å². The lowest BCUT2D eigenvalue weighted by molar-refractivity contribution is 0.277. The van der Waals surface area contributed by atoms with Gasteiger partial charge in [0.2, 0.25) is 0 Å². The molecule has 0 fully saturated rings. The first kappa shape index (κ1) is 13.4. The Morgan fingerprint density at radius 1 is 1.11 bits per heavy atom. The molecule has 2 aromatic rings. The van der Waals surface area contributed by atoms with Crippen LogP contribution in [0.25, 0.3) is 11.1 Å². The number of aliphatic hydroxyl groups excluding tert-OH is 1. The molecule has 0 saturated heterocycles. The van der Waals surface area contributed by atoms with Crippen molar-refractivity contribution < 1.29 is 5.11 Å². The van der Waals surface area contributed by atoms with Crippen LogP contribution < -0.4 is 5.73 Å². The molecule has 18 heavy (non-hydrogen) atoms. The van der Waals surface area contributed by atoms with Gasteiger partial charge in [-0.2, -0.15) is 0 Å². The van der Waals surface area contributed by atoms with Crippen molar-refractivity contribution in [3.63, 3.8) is 0 Å². The molecule has 1 aromatic heterocycles. The van der Waals surface area contributed by atoms with Gasteiger partial charge in [0.15, 0.2) is 0 Å². The lowest BCUT2D eigenvalue weighted by Gasteiger charge is -2.10. The third kappa shape index (κ3) is 2.54. The molecule has 0 unspecified atom stereocenters. The normalized spacial score (nSPS) is 10.7. The minimum Gasteiger partial charge on any atom is -0.390 e. The summed E-state index contributed by atoms with van der Waals surface area (Å²) in [5.41, 5.74) is 7.51. The quantitative estimate of drug-likeness (QED) is 0.887. The standard InChI is InChI=1S/C12H9Cl3N2O/c13-6-3-9(14)11(10(15)4-6)8-2-1-7(5-18)17-12(8)16/h1-4,18H,5H2,(H2,16,17). The predicted octanol–water partition coefficient (Wildman–Crippen LogP) is 3.78. The van der Waals surface area contributed by atoms with Crippen LogP contribution in [0.2, 0.25) is 15.1 Å². The molecule has 0 aliphatic rings. The molecule has 3 N–H and O–H groups in total. The van der Waals surface area contributed by atoms with Crippen molar-refractivity contribution in [3.05, 3.63) is 45.0 Å². The molecular formula is C12H9Cl3N2O. The summed E-state index contributed by atoms with van der Waals surface area (Å²) < 4.78 is 0. The summed E-state index contributed by atoms with van der Waals surface area (Å²) in [5, 5.41) is 10.2. The Morgan fingerprint density at radius 3 is 2.22 bits per heavy atom. The number of pyridine rings is 1. The number of aromatic nitrogens is 1. The first-order valence-corrected chi connectivity index (χ1v) is 6.17. The van der Waals surface area contributed by atoms with Gasteiger partial charge in [0, 0.05) is 16.1 Å². The van der Waals surface area contributed by atoms with Crippen LogP contribution in [0.5, 0.6) is 0 Å². The summed E-state index contributed by atoms with van der Waals surface area (Å²) in [5.74, 6) is 0.257. The monoisotopic (exact) mass is 302 g/mol. The Bertz CT molecular complexity index is 579. The van der Waals surface area contributed by atoms with E-state index in [9.17, 15) is 0 Å². The molecule has 0 atom stereocenters. The highest BCUT2D eigenvalue weighted by Crippen LogP contribution is 2.39.